The molecule has 1 unspecified atom stereocenters. The first-order chi connectivity index (χ1) is 5.73. The first kappa shape index (κ1) is 9.76. The summed E-state index contributed by atoms with van der Waals surface area (Å²) >= 11 is 0. The van der Waals surface area contributed by atoms with Crippen molar-refractivity contribution < 1.29 is 4.79 Å². The Balaban J connectivity index is 2.57. The molecule has 1 rings (SSSR count). The Bertz CT molecular complexity index is 147. The molecule has 0 aromatic carbocycles. The van der Waals surface area contributed by atoms with E-state index in [1.807, 2.05) is 0 Å². The number of rotatable bonds is 3. The summed E-state index contributed by atoms with van der Waals surface area (Å²) in [5.41, 5.74) is -0.0274. The molecule has 1 atom stereocenters. The summed E-state index contributed by atoms with van der Waals surface area (Å²) in [4.78, 5) is 11.0. The van der Waals surface area contributed by atoms with Crippen LogP contribution in [0.1, 0.15) is 52.4 Å². The quantitative estimate of drug-likeness (QED) is 0.591. The van der Waals surface area contributed by atoms with Crippen LogP contribution in [0.5, 0.6) is 0 Å². The lowest BCUT2D eigenvalue weighted by atomic mass is 9.69. The second-order valence-corrected chi connectivity index (χ2v) is 4.31. The van der Waals surface area contributed by atoms with Crippen molar-refractivity contribution in [3.05, 3.63) is 0 Å². The predicted molar refractivity (Wildman–Crippen MR) is 51.0 cm³/mol. The third-order valence-electron chi connectivity index (χ3n) is 3.57. The summed E-state index contributed by atoms with van der Waals surface area (Å²) in [6.45, 7) is 4.25. The minimum Gasteiger partial charge on any atom is -0.303 e. The normalized spacial score (nSPS) is 24.8. The average molecular weight is 168 g/mol. The van der Waals surface area contributed by atoms with Crippen LogP contribution in [0, 0.1) is 11.3 Å². The molecule has 70 valence electrons. The van der Waals surface area contributed by atoms with Gasteiger partial charge in [0.1, 0.15) is 6.29 Å². The van der Waals surface area contributed by atoms with Gasteiger partial charge in [0.05, 0.1) is 0 Å². The Morgan fingerprint density at radius 1 is 1.33 bits per heavy atom. The van der Waals surface area contributed by atoms with Gasteiger partial charge in [-0.1, -0.05) is 33.1 Å². The van der Waals surface area contributed by atoms with Gasteiger partial charge in [-0.15, -0.1) is 0 Å². The third-order valence-corrected chi connectivity index (χ3v) is 3.57. The van der Waals surface area contributed by atoms with Crippen LogP contribution < -0.4 is 0 Å². The lowest BCUT2D eigenvalue weighted by molar-refractivity contribution is -0.119. The molecular weight excluding hydrogens is 148 g/mol. The van der Waals surface area contributed by atoms with Gasteiger partial charge in [0.2, 0.25) is 0 Å². The zero-order valence-electron chi connectivity index (χ0n) is 8.31. The molecule has 1 aliphatic carbocycles. The Morgan fingerprint density at radius 2 is 1.92 bits per heavy atom. The minimum atomic E-state index is -0.0274. The fourth-order valence-electron chi connectivity index (χ4n) is 2.23. The highest BCUT2D eigenvalue weighted by Crippen LogP contribution is 2.39. The Labute approximate surface area is 75.5 Å². The van der Waals surface area contributed by atoms with E-state index in [1.165, 1.54) is 38.4 Å². The van der Waals surface area contributed by atoms with Crippen molar-refractivity contribution in [3.63, 3.8) is 0 Å². The van der Waals surface area contributed by atoms with Gasteiger partial charge in [-0.05, 0) is 25.2 Å². The van der Waals surface area contributed by atoms with Crippen molar-refractivity contribution in [1.82, 2.24) is 0 Å². The lowest BCUT2D eigenvalue weighted by Gasteiger charge is -2.34. The maximum Gasteiger partial charge on any atom is 0.126 e. The molecule has 0 aliphatic heterocycles. The Morgan fingerprint density at radius 3 is 2.33 bits per heavy atom. The van der Waals surface area contributed by atoms with Crippen LogP contribution in [0.15, 0.2) is 0 Å². The average Bonchev–Trinajstić information content (AvgIpc) is 2.18. The van der Waals surface area contributed by atoms with E-state index < -0.39 is 0 Å². The lowest BCUT2D eigenvalue weighted by Crippen LogP contribution is -2.29. The van der Waals surface area contributed by atoms with Gasteiger partial charge < -0.3 is 4.79 Å². The molecule has 1 aliphatic rings. The SMILES string of the molecule is CCC(C)(C=O)C1CCCCC1. The topological polar surface area (TPSA) is 17.1 Å². The molecule has 1 heteroatoms. The van der Waals surface area contributed by atoms with Crippen LogP contribution in [-0.4, -0.2) is 6.29 Å². The highest BCUT2D eigenvalue weighted by atomic mass is 16.1. The highest BCUT2D eigenvalue weighted by Gasteiger charge is 2.32. The van der Waals surface area contributed by atoms with E-state index in [-0.39, 0.29) is 5.41 Å². The summed E-state index contributed by atoms with van der Waals surface area (Å²) in [5, 5.41) is 0. The number of carbonyl (C=O) groups excluding carboxylic acids is 1. The van der Waals surface area contributed by atoms with E-state index >= 15 is 0 Å². The van der Waals surface area contributed by atoms with Gasteiger partial charge in [0.25, 0.3) is 0 Å². The van der Waals surface area contributed by atoms with Crippen molar-refractivity contribution in [2.75, 3.05) is 0 Å². The fourth-order valence-corrected chi connectivity index (χ4v) is 2.23. The molecule has 1 nitrogen and oxygen atoms in total. The first-order valence-corrected chi connectivity index (χ1v) is 5.19. The molecule has 0 N–H and O–H groups in total. The zero-order valence-corrected chi connectivity index (χ0v) is 8.31. The second kappa shape index (κ2) is 4.06. The van der Waals surface area contributed by atoms with E-state index in [0.29, 0.717) is 5.92 Å². The first-order valence-electron chi connectivity index (χ1n) is 5.19. The van der Waals surface area contributed by atoms with Crippen LogP contribution in [0.25, 0.3) is 0 Å². The monoisotopic (exact) mass is 168 g/mol. The van der Waals surface area contributed by atoms with Crippen LogP contribution in [-0.2, 0) is 4.79 Å². The van der Waals surface area contributed by atoms with E-state index in [1.54, 1.807) is 0 Å². The van der Waals surface area contributed by atoms with Crippen LogP contribution in [0.4, 0.5) is 0 Å². The molecule has 12 heavy (non-hydrogen) atoms. The number of carbonyl (C=O) groups is 1. The van der Waals surface area contributed by atoms with Crippen molar-refractivity contribution in [2.45, 2.75) is 52.4 Å². The van der Waals surface area contributed by atoms with Gasteiger partial charge in [-0.25, -0.2) is 0 Å². The molecule has 0 radical (unpaired) electrons. The standard InChI is InChI=1S/C11H20O/c1-3-11(2,9-12)10-7-5-4-6-8-10/h9-10H,3-8H2,1-2H3. The molecule has 1 saturated carbocycles. The highest BCUT2D eigenvalue weighted by molar-refractivity contribution is 5.59. The summed E-state index contributed by atoms with van der Waals surface area (Å²) < 4.78 is 0. The Hall–Kier alpha value is -0.330. The number of aldehydes is 1. The second-order valence-electron chi connectivity index (χ2n) is 4.31. The largest absolute Gasteiger partial charge is 0.303 e. The van der Waals surface area contributed by atoms with Crippen molar-refractivity contribution in [2.24, 2.45) is 11.3 Å². The van der Waals surface area contributed by atoms with Crippen molar-refractivity contribution in [1.29, 1.82) is 0 Å². The summed E-state index contributed by atoms with van der Waals surface area (Å²) in [6, 6.07) is 0. The van der Waals surface area contributed by atoms with E-state index in [9.17, 15) is 4.79 Å². The molecule has 0 saturated heterocycles. The van der Waals surface area contributed by atoms with E-state index in [2.05, 4.69) is 13.8 Å². The molecule has 0 amide bonds. The smallest absolute Gasteiger partial charge is 0.126 e. The maximum absolute atomic E-state index is 11.0. The van der Waals surface area contributed by atoms with Gasteiger partial charge in [-0.2, -0.15) is 0 Å². The summed E-state index contributed by atoms with van der Waals surface area (Å²) in [7, 11) is 0. The van der Waals surface area contributed by atoms with Crippen molar-refractivity contribution in [3.8, 4) is 0 Å². The minimum absolute atomic E-state index is 0.0274. The van der Waals surface area contributed by atoms with E-state index in [0.717, 1.165) is 6.42 Å². The van der Waals surface area contributed by atoms with Crippen LogP contribution in [0.2, 0.25) is 0 Å². The molecule has 0 aromatic rings. The van der Waals surface area contributed by atoms with Crippen LogP contribution in [0.3, 0.4) is 0 Å². The number of hydrogen-bond donors (Lipinski definition) is 0. The fraction of sp³-hybridized carbons (Fsp3) is 0.909. The number of hydrogen-bond acceptors (Lipinski definition) is 1. The van der Waals surface area contributed by atoms with Gasteiger partial charge >= 0.3 is 0 Å². The Kier molecular flexibility index (Phi) is 3.30. The van der Waals surface area contributed by atoms with Gasteiger partial charge in [0, 0.05) is 5.41 Å². The molecule has 0 aromatic heterocycles. The summed E-state index contributed by atoms with van der Waals surface area (Å²) in [5.74, 6) is 0.661. The third kappa shape index (κ3) is 1.88. The predicted octanol–water partition coefficient (Wildman–Crippen LogP) is 3.18. The maximum atomic E-state index is 11.0. The molecule has 0 bridgehead atoms. The van der Waals surface area contributed by atoms with Gasteiger partial charge in [0.15, 0.2) is 0 Å². The van der Waals surface area contributed by atoms with E-state index in [4.69, 9.17) is 0 Å². The molecule has 0 spiro atoms. The zero-order chi connectivity index (χ0) is 9.03. The molecule has 0 heterocycles. The van der Waals surface area contributed by atoms with Crippen molar-refractivity contribution >= 4 is 6.29 Å². The van der Waals surface area contributed by atoms with Crippen LogP contribution >= 0.6 is 0 Å². The van der Waals surface area contributed by atoms with Gasteiger partial charge in [-0.3, -0.25) is 0 Å². The summed E-state index contributed by atoms with van der Waals surface area (Å²) in [6.07, 6.45) is 8.74. The molecule has 1 fully saturated rings. The molecular formula is C11H20O.